The molecule has 3 amide bonds. The number of carboxylic acids is 1. The summed E-state index contributed by atoms with van der Waals surface area (Å²) in [7, 11) is 0. The van der Waals surface area contributed by atoms with Crippen LogP contribution in [0.2, 0.25) is 0 Å². The van der Waals surface area contributed by atoms with E-state index < -0.39 is 41.8 Å². The lowest BCUT2D eigenvalue weighted by Crippen LogP contribution is -2.53. The van der Waals surface area contributed by atoms with Crippen LogP contribution in [0.15, 0.2) is 0 Å². The minimum absolute atomic E-state index is 0.325. The predicted octanol–water partition coefficient (Wildman–Crippen LogP) is -2.23. The Bertz CT molecular complexity index is 453. The molecule has 1 rings (SSSR count). The van der Waals surface area contributed by atoms with E-state index in [-0.39, 0.29) is 6.42 Å². The normalized spacial score (nSPS) is 20.7. The molecule has 0 saturated carbocycles. The van der Waals surface area contributed by atoms with Crippen LogP contribution in [0, 0.1) is 0 Å². The molecule has 1 fully saturated rings. The van der Waals surface area contributed by atoms with Gasteiger partial charge in [0.05, 0.1) is 12.5 Å². The molecule has 1 aliphatic rings. The van der Waals surface area contributed by atoms with Gasteiger partial charge in [-0.05, 0) is 19.8 Å². The number of likely N-dealkylation sites (tertiary alicyclic amines) is 1. The number of nitrogens with two attached hydrogens (primary N) is 2. The molecule has 0 unspecified atom stereocenters. The molecule has 1 heterocycles. The fourth-order valence-corrected chi connectivity index (χ4v) is 2.23. The molecular formula is C12H20N4O5. The Morgan fingerprint density at radius 1 is 1.38 bits per heavy atom. The van der Waals surface area contributed by atoms with Crippen molar-refractivity contribution in [3.63, 3.8) is 0 Å². The lowest BCUT2D eigenvalue weighted by Gasteiger charge is -2.25. The Hall–Kier alpha value is -2.16. The summed E-state index contributed by atoms with van der Waals surface area (Å²) >= 11 is 0. The van der Waals surface area contributed by atoms with E-state index in [1.165, 1.54) is 11.8 Å². The highest BCUT2D eigenvalue weighted by Crippen LogP contribution is 2.18. The van der Waals surface area contributed by atoms with Gasteiger partial charge in [0.1, 0.15) is 12.1 Å². The van der Waals surface area contributed by atoms with Crippen molar-refractivity contribution < 1.29 is 24.3 Å². The summed E-state index contributed by atoms with van der Waals surface area (Å²) in [5.74, 6) is -2.95. The summed E-state index contributed by atoms with van der Waals surface area (Å²) in [6.07, 6.45) is 0.668. The maximum atomic E-state index is 12.2. The Morgan fingerprint density at radius 3 is 2.52 bits per heavy atom. The van der Waals surface area contributed by atoms with E-state index in [0.717, 1.165) is 0 Å². The summed E-state index contributed by atoms with van der Waals surface area (Å²) in [6, 6.07) is -2.92. The molecule has 9 heteroatoms. The van der Waals surface area contributed by atoms with E-state index in [1.54, 1.807) is 0 Å². The van der Waals surface area contributed by atoms with E-state index >= 15 is 0 Å². The van der Waals surface area contributed by atoms with E-state index in [2.05, 4.69) is 5.32 Å². The van der Waals surface area contributed by atoms with Crippen LogP contribution >= 0.6 is 0 Å². The Labute approximate surface area is 121 Å². The molecule has 9 nitrogen and oxygen atoms in total. The van der Waals surface area contributed by atoms with Crippen molar-refractivity contribution in [2.75, 3.05) is 6.54 Å². The Morgan fingerprint density at radius 2 is 2.00 bits per heavy atom. The van der Waals surface area contributed by atoms with Crippen LogP contribution in [0.25, 0.3) is 0 Å². The minimum atomic E-state index is -1.13. The van der Waals surface area contributed by atoms with Crippen molar-refractivity contribution >= 4 is 23.7 Å². The van der Waals surface area contributed by atoms with Crippen LogP contribution in [0.3, 0.4) is 0 Å². The largest absolute Gasteiger partial charge is 0.480 e. The first-order chi connectivity index (χ1) is 9.73. The Kier molecular flexibility index (Phi) is 5.65. The number of amides is 3. The lowest BCUT2D eigenvalue weighted by molar-refractivity contribution is -0.149. The smallest absolute Gasteiger partial charge is 0.326 e. The second-order valence-electron chi connectivity index (χ2n) is 5.04. The SMILES string of the molecule is C[C@H](NC(=O)[C@@H](N)CC(N)=O)C(=O)N1CCC[C@@H]1C(=O)O. The molecule has 0 aromatic heterocycles. The number of hydrogen-bond donors (Lipinski definition) is 4. The first-order valence-electron chi connectivity index (χ1n) is 6.61. The molecular weight excluding hydrogens is 280 g/mol. The van der Waals surface area contributed by atoms with Crippen molar-refractivity contribution in [3.05, 3.63) is 0 Å². The maximum absolute atomic E-state index is 12.2. The fraction of sp³-hybridized carbons (Fsp3) is 0.667. The van der Waals surface area contributed by atoms with Gasteiger partial charge in [0.25, 0.3) is 0 Å². The molecule has 6 N–H and O–H groups in total. The van der Waals surface area contributed by atoms with Gasteiger partial charge in [0.2, 0.25) is 17.7 Å². The van der Waals surface area contributed by atoms with Crippen molar-refractivity contribution in [1.82, 2.24) is 10.2 Å². The summed E-state index contributed by atoms with van der Waals surface area (Å²) in [5.41, 5.74) is 10.4. The van der Waals surface area contributed by atoms with Crippen LogP contribution < -0.4 is 16.8 Å². The van der Waals surface area contributed by atoms with Crippen LogP contribution in [0.5, 0.6) is 0 Å². The highest BCUT2D eigenvalue weighted by atomic mass is 16.4. The molecule has 1 aliphatic heterocycles. The van der Waals surface area contributed by atoms with Gasteiger partial charge in [0.15, 0.2) is 0 Å². The second kappa shape index (κ2) is 7.02. The molecule has 0 bridgehead atoms. The van der Waals surface area contributed by atoms with Crippen molar-refractivity contribution in [1.29, 1.82) is 0 Å². The Balaban J connectivity index is 2.60. The summed E-state index contributed by atoms with van der Waals surface area (Å²) in [5, 5.41) is 11.4. The standard InChI is InChI=1S/C12H20N4O5/c1-6(15-10(18)7(13)5-9(14)17)11(19)16-4-2-3-8(16)12(20)21/h6-8H,2-5,13H2,1H3,(H2,14,17)(H,15,18)(H,20,21)/t6-,7-,8+/m0/s1. The van der Waals surface area contributed by atoms with Crippen molar-refractivity contribution in [2.45, 2.75) is 44.3 Å². The van der Waals surface area contributed by atoms with Crippen LogP contribution in [0.1, 0.15) is 26.2 Å². The molecule has 0 aromatic rings. The highest BCUT2D eigenvalue weighted by Gasteiger charge is 2.36. The van der Waals surface area contributed by atoms with Gasteiger partial charge in [-0.3, -0.25) is 14.4 Å². The number of carbonyl (C=O) groups is 4. The number of nitrogens with one attached hydrogen (secondary N) is 1. The second-order valence-corrected chi connectivity index (χ2v) is 5.04. The van der Waals surface area contributed by atoms with E-state index in [0.29, 0.717) is 19.4 Å². The number of primary amides is 1. The van der Waals surface area contributed by atoms with Crippen LogP contribution in [-0.4, -0.2) is 58.4 Å². The zero-order valence-electron chi connectivity index (χ0n) is 11.7. The number of rotatable bonds is 6. The summed E-state index contributed by atoms with van der Waals surface area (Å²) in [6.45, 7) is 1.78. The quantitative estimate of drug-likeness (QED) is 0.435. The molecule has 0 aliphatic carbocycles. The zero-order valence-corrected chi connectivity index (χ0v) is 11.7. The number of aliphatic carboxylic acids is 1. The van der Waals surface area contributed by atoms with Gasteiger partial charge in [-0.25, -0.2) is 4.79 Å². The van der Waals surface area contributed by atoms with Crippen molar-refractivity contribution in [2.24, 2.45) is 11.5 Å². The third kappa shape index (κ3) is 4.42. The van der Waals surface area contributed by atoms with Gasteiger partial charge >= 0.3 is 5.97 Å². The van der Waals surface area contributed by atoms with Gasteiger partial charge in [-0.15, -0.1) is 0 Å². The van der Waals surface area contributed by atoms with Gasteiger partial charge < -0.3 is 26.8 Å². The van der Waals surface area contributed by atoms with Crippen LogP contribution in [-0.2, 0) is 19.2 Å². The predicted molar refractivity (Wildman–Crippen MR) is 71.8 cm³/mol. The fourth-order valence-electron chi connectivity index (χ4n) is 2.23. The molecule has 0 aromatic carbocycles. The lowest BCUT2D eigenvalue weighted by atomic mass is 10.1. The third-order valence-corrected chi connectivity index (χ3v) is 3.31. The number of hydrogen-bond acceptors (Lipinski definition) is 5. The molecule has 3 atom stereocenters. The summed E-state index contributed by atoms with van der Waals surface area (Å²) < 4.78 is 0. The number of carbonyl (C=O) groups excluding carboxylic acids is 3. The highest BCUT2D eigenvalue weighted by molar-refractivity contribution is 5.93. The van der Waals surface area contributed by atoms with E-state index in [9.17, 15) is 19.2 Å². The topological polar surface area (TPSA) is 156 Å². The van der Waals surface area contributed by atoms with E-state index in [1.807, 2.05) is 0 Å². The first kappa shape index (κ1) is 16.9. The van der Waals surface area contributed by atoms with Gasteiger partial charge in [-0.2, -0.15) is 0 Å². The number of nitrogens with zero attached hydrogens (tertiary/aromatic N) is 1. The average Bonchev–Trinajstić information content (AvgIpc) is 2.85. The maximum Gasteiger partial charge on any atom is 0.326 e. The molecule has 118 valence electrons. The minimum Gasteiger partial charge on any atom is -0.480 e. The van der Waals surface area contributed by atoms with E-state index in [4.69, 9.17) is 16.6 Å². The van der Waals surface area contributed by atoms with Crippen LogP contribution in [0.4, 0.5) is 0 Å². The van der Waals surface area contributed by atoms with Gasteiger partial charge in [0, 0.05) is 6.54 Å². The number of carboxylic acid groups (broad SMARTS) is 1. The monoisotopic (exact) mass is 300 g/mol. The molecule has 1 saturated heterocycles. The van der Waals surface area contributed by atoms with Gasteiger partial charge in [-0.1, -0.05) is 0 Å². The zero-order chi connectivity index (χ0) is 16.2. The van der Waals surface area contributed by atoms with Crippen molar-refractivity contribution in [3.8, 4) is 0 Å². The summed E-state index contributed by atoms with van der Waals surface area (Å²) in [4.78, 5) is 46.8. The average molecular weight is 300 g/mol. The molecule has 0 spiro atoms. The third-order valence-electron chi connectivity index (χ3n) is 3.31. The molecule has 21 heavy (non-hydrogen) atoms. The first-order valence-corrected chi connectivity index (χ1v) is 6.61. The molecule has 0 radical (unpaired) electrons.